The average Bonchev–Trinajstić information content (AvgIpc) is 2.67. The zero-order valence-electron chi connectivity index (χ0n) is 13.6. The Morgan fingerprint density at radius 3 is 0.867 bits per heavy atom. The van der Waals surface area contributed by atoms with Gasteiger partial charge >= 0.3 is 11.9 Å². The van der Waals surface area contributed by atoms with Crippen molar-refractivity contribution < 1.29 is 19.8 Å². The highest BCUT2D eigenvalue weighted by atomic mass is 35.5. The van der Waals surface area contributed by atoms with Gasteiger partial charge in [-0.3, -0.25) is 9.59 Å². The van der Waals surface area contributed by atoms with E-state index >= 15 is 0 Å². The first kappa shape index (κ1) is 26.5. The zero-order valence-corrected chi connectivity index (χ0v) is 21.2. The number of hydrogen-bond donors (Lipinski definition) is 2. The third-order valence-corrected chi connectivity index (χ3v) is 8.59. The summed E-state index contributed by atoms with van der Waals surface area (Å²) < 4.78 is 0. The van der Waals surface area contributed by atoms with Crippen LogP contribution in [0.3, 0.4) is 0 Å². The topological polar surface area (TPSA) is 74.6 Å². The molecule has 0 saturated carbocycles. The Kier molecular flexibility index (Phi) is 8.88. The van der Waals surface area contributed by atoms with Crippen LogP contribution in [0.5, 0.6) is 0 Å². The van der Waals surface area contributed by atoms with Gasteiger partial charge in [-0.2, -0.15) is 0 Å². The van der Waals surface area contributed by atoms with Crippen LogP contribution in [0, 0.1) is 5.92 Å². The summed E-state index contributed by atoms with van der Waals surface area (Å²) in [7, 11) is 0. The summed E-state index contributed by atoms with van der Waals surface area (Å²) in [4.78, 5) is 23.8. The molecule has 2 rings (SSSR count). The minimum atomic E-state index is -2.23. The van der Waals surface area contributed by atoms with Gasteiger partial charge in [-0.1, -0.05) is 116 Å². The van der Waals surface area contributed by atoms with Crippen molar-refractivity contribution in [1.29, 1.82) is 0 Å². The lowest BCUT2D eigenvalue weighted by Gasteiger charge is -2.28. The van der Waals surface area contributed by atoms with Crippen LogP contribution in [0.1, 0.15) is 17.0 Å². The molecule has 0 aliphatic rings. The Labute approximate surface area is 219 Å². The molecule has 0 saturated heterocycles. The second-order valence-electron chi connectivity index (χ2n) is 5.60. The monoisotopic (exact) mass is 610 g/mol. The summed E-state index contributed by atoms with van der Waals surface area (Å²) in [6, 6.07) is 0. The van der Waals surface area contributed by atoms with Crippen molar-refractivity contribution >= 4 is 128 Å². The maximum absolute atomic E-state index is 11.9. The van der Waals surface area contributed by atoms with Gasteiger partial charge in [0.2, 0.25) is 0 Å². The molecule has 0 aliphatic heterocycles. The van der Waals surface area contributed by atoms with Crippen LogP contribution in [0.2, 0.25) is 50.2 Å². The number of rotatable bonds is 5. The van der Waals surface area contributed by atoms with Gasteiger partial charge < -0.3 is 10.2 Å². The van der Waals surface area contributed by atoms with Crippen molar-refractivity contribution in [2.45, 2.75) is 5.92 Å². The van der Waals surface area contributed by atoms with E-state index in [-0.39, 0.29) is 61.4 Å². The molecule has 14 heteroatoms. The lowest BCUT2D eigenvalue weighted by atomic mass is 9.80. The van der Waals surface area contributed by atoms with E-state index in [4.69, 9.17) is 116 Å². The SMILES string of the molecule is O=C(O)C(C(=O)O)C(c1c(Cl)c(Cl)c(Cl)c(Cl)c1Cl)c1c(Cl)c(Cl)c(Cl)c(Cl)c1Cl. The van der Waals surface area contributed by atoms with E-state index in [2.05, 4.69) is 0 Å². The predicted molar refractivity (Wildman–Crippen MR) is 124 cm³/mol. The largest absolute Gasteiger partial charge is 0.481 e. The molecule has 0 fully saturated rings. The molecule has 0 atom stereocenters. The van der Waals surface area contributed by atoms with Crippen molar-refractivity contribution in [2.24, 2.45) is 5.92 Å². The smallest absolute Gasteiger partial charge is 0.318 e. The van der Waals surface area contributed by atoms with Crippen LogP contribution in [-0.4, -0.2) is 22.2 Å². The summed E-state index contributed by atoms with van der Waals surface area (Å²) in [6.07, 6.45) is 0. The second-order valence-corrected chi connectivity index (χ2v) is 9.38. The van der Waals surface area contributed by atoms with Crippen molar-refractivity contribution in [3.8, 4) is 0 Å². The van der Waals surface area contributed by atoms with Gasteiger partial charge in [-0.25, -0.2) is 0 Å². The van der Waals surface area contributed by atoms with Gasteiger partial charge in [0, 0.05) is 17.0 Å². The van der Waals surface area contributed by atoms with Crippen LogP contribution in [0.4, 0.5) is 0 Å². The van der Waals surface area contributed by atoms with Gasteiger partial charge in [-0.05, 0) is 0 Å². The first-order valence-electron chi connectivity index (χ1n) is 7.23. The van der Waals surface area contributed by atoms with Crippen molar-refractivity contribution in [2.75, 3.05) is 0 Å². The number of carbonyl (C=O) groups is 2. The van der Waals surface area contributed by atoms with Gasteiger partial charge in [0.1, 0.15) is 0 Å². The summed E-state index contributed by atoms with van der Waals surface area (Å²) in [5.41, 5.74) is -0.628. The predicted octanol–water partition coefficient (Wildman–Crippen LogP) is 9.14. The van der Waals surface area contributed by atoms with E-state index in [0.717, 1.165) is 0 Å². The molecule has 0 heterocycles. The Morgan fingerprint density at radius 2 is 0.667 bits per heavy atom. The normalized spacial score (nSPS) is 11.5. The molecular weight excluding hydrogens is 611 g/mol. The quantitative estimate of drug-likeness (QED) is 0.200. The first-order valence-corrected chi connectivity index (χ1v) is 11.0. The van der Waals surface area contributed by atoms with Crippen LogP contribution in [0.15, 0.2) is 0 Å². The molecule has 0 aliphatic carbocycles. The maximum atomic E-state index is 11.9. The highest BCUT2D eigenvalue weighted by Gasteiger charge is 2.43. The summed E-state index contributed by atoms with van der Waals surface area (Å²) in [5.74, 6) is -7.54. The molecule has 0 unspecified atom stereocenters. The van der Waals surface area contributed by atoms with Gasteiger partial charge in [0.25, 0.3) is 0 Å². The average molecular weight is 615 g/mol. The Balaban J connectivity index is 3.14. The van der Waals surface area contributed by atoms with E-state index in [1.165, 1.54) is 0 Å². The molecule has 162 valence electrons. The third-order valence-electron chi connectivity index (χ3n) is 3.97. The van der Waals surface area contributed by atoms with Crippen molar-refractivity contribution in [1.82, 2.24) is 0 Å². The minimum absolute atomic E-state index is 0.234. The Bertz CT molecular complexity index is 943. The summed E-state index contributed by atoms with van der Waals surface area (Å²) in [5, 5.41) is 16.1. The molecule has 0 aromatic heterocycles. The zero-order chi connectivity index (χ0) is 23.2. The molecule has 0 bridgehead atoms. The molecule has 2 aromatic carbocycles. The van der Waals surface area contributed by atoms with Crippen molar-refractivity contribution in [3.05, 3.63) is 61.4 Å². The molecule has 0 radical (unpaired) electrons. The van der Waals surface area contributed by atoms with Gasteiger partial charge in [0.05, 0.1) is 50.2 Å². The number of benzene rings is 2. The van der Waals surface area contributed by atoms with E-state index in [1.807, 2.05) is 0 Å². The van der Waals surface area contributed by atoms with E-state index in [0.29, 0.717) is 0 Å². The summed E-state index contributed by atoms with van der Waals surface area (Å²) in [6.45, 7) is 0. The standard InChI is InChI=1S/C16H4Cl10O4/c17-5-2(6(18)10(22)13(25)9(5)21)1(4(15(27)28)16(29)30)3-7(19)11(23)14(26)12(24)8(3)20/h1,4H,(H,27,28)(H,29,30). The van der Waals surface area contributed by atoms with Gasteiger partial charge in [-0.15, -0.1) is 0 Å². The number of aliphatic carboxylic acids is 2. The molecular formula is C16H4Cl10O4. The van der Waals surface area contributed by atoms with Crippen molar-refractivity contribution in [3.63, 3.8) is 0 Å². The lowest BCUT2D eigenvalue weighted by molar-refractivity contribution is -0.155. The Morgan fingerprint density at radius 1 is 0.467 bits per heavy atom. The van der Waals surface area contributed by atoms with Crippen LogP contribution < -0.4 is 0 Å². The van der Waals surface area contributed by atoms with Gasteiger partial charge in [0.15, 0.2) is 5.92 Å². The first-order chi connectivity index (χ1) is 13.7. The number of halogens is 10. The fourth-order valence-corrected chi connectivity index (χ4v) is 5.43. The fraction of sp³-hybridized carbons (Fsp3) is 0.125. The van der Waals surface area contributed by atoms with Crippen LogP contribution in [-0.2, 0) is 9.59 Å². The van der Waals surface area contributed by atoms with Crippen LogP contribution in [0.25, 0.3) is 0 Å². The Hall–Kier alpha value is 0.280. The molecule has 0 spiro atoms. The summed E-state index contributed by atoms with van der Waals surface area (Å²) >= 11 is 61.3. The van der Waals surface area contributed by atoms with E-state index in [1.54, 1.807) is 0 Å². The third kappa shape index (κ3) is 4.51. The molecule has 2 N–H and O–H groups in total. The van der Waals surface area contributed by atoms with Crippen LogP contribution >= 0.6 is 116 Å². The number of carboxylic acids is 2. The van der Waals surface area contributed by atoms with E-state index < -0.39 is 23.8 Å². The minimum Gasteiger partial charge on any atom is -0.481 e. The molecule has 4 nitrogen and oxygen atoms in total. The number of hydrogen-bond acceptors (Lipinski definition) is 2. The fourth-order valence-electron chi connectivity index (χ4n) is 2.66. The van der Waals surface area contributed by atoms with E-state index in [9.17, 15) is 19.8 Å². The maximum Gasteiger partial charge on any atom is 0.318 e. The highest BCUT2D eigenvalue weighted by molar-refractivity contribution is 6.56. The lowest BCUT2D eigenvalue weighted by Crippen LogP contribution is -2.31. The second kappa shape index (κ2) is 10.0. The number of carboxylic acid groups (broad SMARTS) is 2. The molecule has 2 aromatic rings. The molecule has 0 amide bonds. The highest BCUT2D eigenvalue weighted by Crippen LogP contribution is 2.55. The molecule has 30 heavy (non-hydrogen) atoms.